The molecule has 0 saturated heterocycles. The van der Waals surface area contributed by atoms with E-state index >= 15 is 0 Å². The number of amides is 3. The maximum absolute atomic E-state index is 12.1. The average molecular weight is 403 g/mol. The van der Waals surface area contributed by atoms with Crippen LogP contribution in [0.15, 0.2) is 4.99 Å². The molecule has 0 aliphatic carbocycles. The number of rotatable bonds is 12. The van der Waals surface area contributed by atoms with Crippen molar-refractivity contribution in [2.45, 2.75) is 50.9 Å². The number of aliphatic imine (C=N–C) groups is 1. The third-order valence-corrected chi connectivity index (χ3v) is 3.48. The number of carbonyl (C=O) groups excluding carboxylic acids is 3. The van der Waals surface area contributed by atoms with Crippen LogP contribution in [0.2, 0.25) is 0 Å². The number of hydrogen-bond donors (Lipinski definition) is 8. The second-order valence-corrected chi connectivity index (χ2v) is 6.14. The van der Waals surface area contributed by atoms with E-state index < -0.39 is 54.5 Å². The molecule has 0 radical (unpaired) electrons. The van der Waals surface area contributed by atoms with Gasteiger partial charge in [-0.25, -0.2) is 4.79 Å². The van der Waals surface area contributed by atoms with Crippen LogP contribution in [-0.4, -0.2) is 77.2 Å². The van der Waals surface area contributed by atoms with E-state index in [1.165, 1.54) is 13.8 Å². The van der Waals surface area contributed by atoms with Gasteiger partial charge in [0.1, 0.15) is 12.1 Å². The van der Waals surface area contributed by atoms with Gasteiger partial charge in [0.05, 0.1) is 18.7 Å². The van der Waals surface area contributed by atoms with E-state index in [2.05, 4.69) is 20.9 Å². The first-order valence-corrected chi connectivity index (χ1v) is 8.55. The molecule has 0 heterocycles. The summed E-state index contributed by atoms with van der Waals surface area (Å²) in [6.07, 6.45) is -0.852. The van der Waals surface area contributed by atoms with Crippen LogP contribution in [0.1, 0.15) is 26.7 Å². The van der Waals surface area contributed by atoms with Crippen molar-refractivity contribution >= 4 is 29.7 Å². The van der Waals surface area contributed by atoms with Gasteiger partial charge in [-0.2, -0.15) is 0 Å². The molecule has 4 unspecified atom stereocenters. The molecule has 3 amide bonds. The molecule has 0 fully saturated rings. The zero-order valence-electron chi connectivity index (χ0n) is 15.8. The van der Waals surface area contributed by atoms with Gasteiger partial charge in [0.2, 0.25) is 17.7 Å². The zero-order valence-corrected chi connectivity index (χ0v) is 15.8. The van der Waals surface area contributed by atoms with Crippen LogP contribution in [0.25, 0.3) is 0 Å². The maximum atomic E-state index is 12.1. The Morgan fingerprint density at radius 2 is 1.68 bits per heavy atom. The Morgan fingerprint density at radius 1 is 1.07 bits per heavy atom. The highest BCUT2D eigenvalue weighted by Crippen LogP contribution is 1.99. The summed E-state index contributed by atoms with van der Waals surface area (Å²) < 4.78 is 0. The van der Waals surface area contributed by atoms with E-state index in [0.29, 0.717) is 6.42 Å². The number of carboxylic acid groups (broad SMARTS) is 1. The predicted molar refractivity (Wildman–Crippen MR) is 99.7 cm³/mol. The second kappa shape index (κ2) is 12.5. The summed E-state index contributed by atoms with van der Waals surface area (Å²) in [5, 5.41) is 25.5. The third kappa shape index (κ3) is 10.3. The fraction of sp³-hybridized carbons (Fsp3) is 0.667. The number of aliphatic carboxylic acids is 1. The predicted octanol–water partition coefficient (Wildman–Crippen LogP) is -4.06. The minimum Gasteiger partial charge on any atom is -0.480 e. The first kappa shape index (κ1) is 25.1. The number of carboxylic acids is 1. The van der Waals surface area contributed by atoms with E-state index in [0.717, 1.165) is 0 Å². The Balaban J connectivity index is 4.61. The molecule has 4 atom stereocenters. The van der Waals surface area contributed by atoms with Gasteiger partial charge in [0.15, 0.2) is 5.96 Å². The zero-order chi connectivity index (χ0) is 21.9. The van der Waals surface area contributed by atoms with Gasteiger partial charge in [-0.15, -0.1) is 0 Å². The van der Waals surface area contributed by atoms with Crippen LogP contribution in [-0.2, 0) is 19.2 Å². The summed E-state index contributed by atoms with van der Waals surface area (Å²) in [5.74, 6) is -3.61. The number of nitrogens with zero attached hydrogens (tertiary/aromatic N) is 1. The standard InChI is InChI=1S/C15H29N7O6/c1-7(16)12(25)22-11(8(2)23)13(26)20-6-10(24)21-9(14(27)28)4-3-5-19-15(17)18/h7-9,11,23H,3-6,16H2,1-2H3,(H,20,26)(H,21,24)(H,22,25)(H,27,28)(H4,17,18,19). The molecule has 11 N–H and O–H groups in total. The molecule has 0 spiro atoms. The monoisotopic (exact) mass is 403 g/mol. The summed E-state index contributed by atoms with van der Waals surface area (Å²) in [6.45, 7) is 2.34. The normalized spacial score (nSPS) is 14.7. The molecule has 0 aliphatic rings. The molecule has 13 nitrogen and oxygen atoms in total. The molecule has 0 aromatic rings. The van der Waals surface area contributed by atoms with Crippen molar-refractivity contribution in [3.63, 3.8) is 0 Å². The average Bonchev–Trinajstić information content (AvgIpc) is 2.58. The van der Waals surface area contributed by atoms with Crippen molar-refractivity contribution in [2.75, 3.05) is 13.1 Å². The van der Waals surface area contributed by atoms with Crippen LogP contribution in [0.3, 0.4) is 0 Å². The minimum atomic E-state index is -1.32. The highest BCUT2D eigenvalue weighted by Gasteiger charge is 2.27. The minimum absolute atomic E-state index is 0.0759. The first-order valence-electron chi connectivity index (χ1n) is 8.55. The largest absolute Gasteiger partial charge is 0.480 e. The van der Waals surface area contributed by atoms with Crippen LogP contribution >= 0.6 is 0 Å². The van der Waals surface area contributed by atoms with Gasteiger partial charge in [-0.3, -0.25) is 19.4 Å². The van der Waals surface area contributed by atoms with E-state index in [4.69, 9.17) is 22.3 Å². The van der Waals surface area contributed by atoms with Gasteiger partial charge < -0.3 is 43.4 Å². The lowest BCUT2D eigenvalue weighted by atomic mass is 10.1. The quantitative estimate of drug-likeness (QED) is 0.0897. The Kier molecular flexibility index (Phi) is 11.2. The number of guanidine groups is 1. The SMILES string of the molecule is CC(N)C(=O)NC(C(=O)NCC(=O)NC(CCCN=C(N)N)C(=O)O)C(C)O. The van der Waals surface area contributed by atoms with Crippen molar-refractivity contribution < 1.29 is 29.4 Å². The van der Waals surface area contributed by atoms with Gasteiger partial charge in [0, 0.05) is 6.54 Å². The number of nitrogens with two attached hydrogens (primary N) is 3. The van der Waals surface area contributed by atoms with Crippen LogP contribution in [0, 0.1) is 0 Å². The Bertz CT molecular complexity index is 589. The lowest BCUT2D eigenvalue weighted by molar-refractivity contribution is -0.142. The maximum Gasteiger partial charge on any atom is 0.326 e. The van der Waals surface area contributed by atoms with Crippen molar-refractivity contribution in [1.29, 1.82) is 0 Å². The molecule has 0 bridgehead atoms. The summed E-state index contributed by atoms with van der Waals surface area (Å²) in [4.78, 5) is 50.5. The molecule has 0 aromatic heterocycles. The molecule has 13 heteroatoms. The second-order valence-electron chi connectivity index (χ2n) is 6.14. The highest BCUT2D eigenvalue weighted by molar-refractivity contribution is 5.92. The summed E-state index contributed by atoms with van der Waals surface area (Å²) >= 11 is 0. The van der Waals surface area contributed by atoms with Crippen LogP contribution < -0.4 is 33.2 Å². The van der Waals surface area contributed by atoms with E-state index in [1.807, 2.05) is 0 Å². The molecular formula is C15H29N7O6. The summed E-state index contributed by atoms with van der Waals surface area (Å²) in [7, 11) is 0. The van der Waals surface area contributed by atoms with Crippen LogP contribution in [0.5, 0.6) is 0 Å². The number of hydrogen-bond acceptors (Lipinski definition) is 7. The topological polar surface area (TPSA) is 235 Å². The summed E-state index contributed by atoms with van der Waals surface area (Å²) in [5.41, 5.74) is 15.7. The summed E-state index contributed by atoms with van der Waals surface area (Å²) in [6, 6.07) is -3.40. The smallest absolute Gasteiger partial charge is 0.326 e. The molecular weight excluding hydrogens is 374 g/mol. The van der Waals surface area contributed by atoms with E-state index in [1.54, 1.807) is 0 Å². The highest BCUT2D eigenvalue weighted by atomic mass is 16.4. The molecule has 160 valence electrons. The Labute approximate surface area is 162 Å². The van der Waals surface area contributed by atoms with Crippen molar-refractivity contribution in [3.8, 4) is 0 Å². The van der Waals surface area contributed by atoms with Gasteiger partial charge >= 0.3 is 5.97 Å². The Morgan fingerprint density at radius 3 is 2.14 bits per heavy atom. The number of aliphatic hydroxyl groups excluding tert-OH is 1. The lowest BCUT2D eigenvalue weighted by Crippen LogP contribution is -2.56. The number of carbonyl (C=O) groups is 4. The van der Waals surface area contributed by atoms with Gasteiger partial charge in [-0.1, -0.05) is 0 Å². The fourth-order valence-corrected chi connectivity index (χ4v) is 1.97. The molecule has 0 aliphatic heterocycles. The van der Waals surface area contributed by atoms with E-state index in [-0.39, 0.29) is 18.9 Å². The molecule has 0 rings (SSSR count). The Hall–Kier alpha value is -2.93. The first-order chi connectivity index (χ1) is 13.0. The van der Waals surface area contributed by atoms with Crippen molar-refractivity contribution in [3.05, 3.63) is 0 Å². The molecule has 0 aromatic carbocycles. The number of aliphatic hydroxyl groups is 1. The lowest BCUT2D eigenvalue weighted by Gasteiger charge is -2.22. The number of nitrogens with one attached hydrogen (secondary N) is 3. The fourth-order valence-electron chi connectivity index (χ4n) is 1.97. The van der Waals surface area contributed by atoms with E-state index in [9.17, 15) is 24.3 Å². The third-order valence-electron chi connectivity index (χ3n) is 3.48. The molecule has 0 saturated carbocycles. The van der Waals surface area contributed by atoms with Gasteiger partial charge in [0.25, 0.3) is 0 Å². The molecule has 28 heavy (non-hydrogen) atoms. The van der Waals surface area contributed by atoms with Gasteiger partial charge in [-0.05, 0) is 26.7 Å². The van der Waals surface area contributed by atoms with Crippen molar-refractivity contribution in [1.82, 2.24) is 16.0 Å². The van der Waals surface area contributed by atoms with Crippen molar-refractivity contribution in [2.24, 2.45) is 22.2 Å². The van der Waals surface area contributed by atoms with Crippen LogP contribution in [0.4, 0.5) is 0 Å².